The van der Waals surface area contributed by atoms with Gasteiger partial charge < -0.3 is 9.88 Å². The minimum absolute atomic E-state index is 0.00439. The molecule has 0 fully saturated rings. The molecule has 0 aliphatic carbocycles. The van der Waals surface area contributed by atoms with Crippen molar-refractivity contribution in [2.75, 3.05) is 5.75 Å². The molecule has 0 saturated carbocycles. The van der Waals surface area contributed by atoms with Crippen molar-refractivity contribution >= 4 is 28.7 Å². The number of aromatic nitrogens is 2. The summed E-state index contributed by atoms with van der Waals surface area (Å²) in [6.45, 7) is 1.99. The third-order valence-electron chi connectivity index (χ3n) is 3.76. The number of hydrogen-bond acceptors (Lipinski definition) is 3. The third kappa shape index (κ3) is 3.56. The maximum atomic E-state index is 12.2. The quantitative estimate of drug-likeness (QED) is 0.730. The molecule has 0 saturated heterocycles. The monoisotopic (exact) mass is 325 g/mol. The van der Waals surface area contributed by atoms with E-state index in [1.165, 1.54) is 11.8 Å². The Balaban J connectivity index is 1.61. The Bertz CT molecular complexity index is 814. The smallest absolute Gasteiger partial charge is 0.230 e. The molecule has 4 nitrogen and oxygen atoms in total. The van der Waals surface area contributed by atoms with Crippen LogP contribution in [0.5, 0.6) is 0 Å². The van der Waals surface area contributed by atoms with Crippen LogP contribution in [0.3, 0.4) is 0 Å². The van der Waals surface area contributed by atoms with Gasteiger partial charge in [0.2, 0.25) is 5.91 Å². The summed E-state index contributed by atoms with van der Waals surface area (Å²) in [4.78, 5) is 16.7. The molecule has 0 aliphatic heterocycles. The van der Waals surface area contributed by atoms with Crippen LogP contribution in [0.2, 0.25) is 0 Å². The number of nitrogens with zero attached hydrogens (tertiary/aromatic N) is 2. The molecule has 0 unspecified atom stereocenters. The second kappa shape index (κ2) is 6.87. The molecule has 3 rings (SSSR count). The summed E-state index contributed by atoms with van der Waals surface area (Å²) in [5, 5.41) is 3.88. The molecular formula is C18H19N3OS. The molecule has 1 atom stereocenters. The molecule has 2 aromatic carbocycles. The van der Waals surface area contributed by atoms with Crippen LogP contribution in [0.1, 0.15) is 18.5 Å². The van der Waals surface area contributed by atoms with Gasteiger partial charge in [-0.3, -0.25) is 4.79 Å². The number of fused-ring (bicyclic) bond motifs is 1. The van der Waals surface area contributed by atoms with E-state index >= 15 is 0 Å². The van der Waals surface area contributed by atoms with Crippen LogP contribution in [0.15, 0.2) is 59.8 Å². The number of amides is 1. The van der Waals surface area contributed by atoms with Crippen molar-refractivity contribution in [1.29, 1.82) is 0 Å². The summed E-state index contributed by atoms with van der Waals surface area (Å²) in [6.07, 6.45) is 0. The first kappa shape index (κ1) is 15.6. The van der Waals surface area contributed by atoms with E-state index in [4.69, 9.17) is 0 Å². The van der Waals surface area contributed by atoms with Crippen LogP contribution >= 0.6 is 11.8 Å². The van der Waals surface area contributed by atoms with E-state index in [9.17, 15) is 4.79 Å². The van der Waals surface area contributed by atoms with E-state index in [1.54, 1.807) is 0 Å². The van der Waals surface area contributed by atoms with Crippen LogP contribution < -0.4 is 5.32 Å². The Labute approximate surface area is 139 Å². The molecule has 0 aliphatic rings. The number of aryl methyl sites for hydroxylation is 1. The van der Waals surface area contributed by atoms with Gasteiger partial charge in [0.15, 0.2) is 5.16 Å². The Morgan fingerprint density at radius 2 is 1.87 bits per heavy atom. The number of thioether (sulfide) groups is 1. The molecule has 118 valence electrons. The lowest BCUT2D eigenvalue weighted by Gasteiger charge is -2.14. The SMILES string of the molecule is C[C@H](NC(=O)CSc1nc2ccccc2n1C)c1ccccc1. The fourth-order valence-corrected chi connectivity index (χ4v) is 3.29. The summed E-state index contributed by atoms with van der Waals surface area (Å²) in [5.74, 6) is 0.368. The number of carbonyl (C=O) groups is 1. The first-order valence-electron chi connectivity index (χ1n) is 7.53. The predicted octanol–water partition coefficient (Wildman–Crippen LogP) is 3.54. The van der Waals surface area contributed by atoms with Crippen LogP contribution in [0.25, 0.3) is 11.0 Å². The van der Waals surface area contributed by atoms with Crippen LogP contribution in [-0.4, -0.2) is 21.2 Å². The Kier molecular flexibility index (Phi) is 4.67. The first-order chi connectivity index (χ1) is 11.1. The fourth-order valence-electron chi connectivity index (χ4n) is 2.49. The number of hydrogen-bond donors (Lipinski definition) is 1. The fraction of sp³-hybridized carbons (Fsp3) is 0.222. The van der Waals surface area contributed by atoms with Crippen LogP contribution in [-0.2, 0) is 11.8 Å². The molecule has 1 N–H and O–H groups in total. The van der Waals surface area contributed by atoms with Gasteiger partial charge in [-0.25, -0.2) is 4.98 Å². The zero-order valence-electron chi connectivity index (χ0n) is 13.2. The maximum absolute atomic E-state index is 12.2. The number of benzene rings is 2. The van der Waals surface area contributed by atoms with Gasteiger partial charge in [0.1, 0.15) is 0 Å². The Morgan fingerprint density at radius 3 is 2.61 bits per heavy atom. The summed E-state index contributed by atoms with van der Waals surface area (Å²) in [6, 6.07) is 17.9. The van der Waals surface area contributed by atoms with Gasteiger partial charge in [0, 0.05) is 7.05 Å². The van der Waals surface area contributed by atoms with Gasteiger partial charge in [-0.05, 0) is 24.6 Å². The van der Waals surface area contributed by atoms with Crippen molar-refractivity contribution in [3.05, 3.63) is 60.2 Å². The van der Waals surface area contributed by atoms with Gasteiger partial charge in [-0.15, -0.1) is 0 Å². The number of imidazole rings is 1. The van der Waals surface area contributed by atoms with Gasteiger partial charge >= 0.3 is 0 Å². The highest BCUT2D eigenvalue weighted by molar-refractivity contribution is 7.99. The zero-order chi connectivity index (χ0) is 16.2. The van der Waals surface area contributed by atoms with Crippen molar-refractivity contribution < 1.29 is 4.79 Å². The molecule has 5 heteroatoms. The topological polar surface area (TPSA) is 46.9 Å². The second-order valence-electron chi connectivity index (χ2n) is 5.43. The Morgan fingerprint density at radius 1 is 1.17 bits per heavy atom. The standard InChI is InChI=1S/C18H19N3OS/c1-13(14-8-4-3-5-9-14)19-17(22)12-23-18-20-15-10-6-7-11-16(15)21(18)2/h3-11,13H,12H2,1-2H3,(H,19,22)/t13-/m0/s1. The molecule has 1 heterocycles. The number of carbonyl (C=O) groups excluding carboxylic acids is 1. The van der Waals surface area contributed by atoms with E-state index in [1.807, 2.05) is 73.1 Å². The van der Waals surface area contributed by atoms with Crippen molar-refractivity contribution in [1.82, 2.24) is 14.9 Å². The minimum atomic E-state index is 0.00439. The van der Waals surface area contributed by atoms with E-state index in [2.05, 4.69) is 10.3 Å². The normalized spacial score (nSPS) is 12.3. The van der Waals surface area contributed by atoms with Crippen molar-refractivity contribution in [3.8, 4) is 0 Å². The highest BCUT2D eigenvalue weighted by atomic mass is 32.2. The molecule has 1 amide bonds. The lowest BCUT2D eigenvalue weighted by atomic mass is 10.1. The summed E-state index contributed by atoms with van der Waals surface area (Å²) in [5.41, 5.74) is 3.14. The van der Waals surface area contributed by atoms with Crippen molar-refractivity contribution in [2.45, 2.75) is 18.1 Å². The number of para-hydroxylation sites is 2. The molecule has 0 spiro atoms. The van der Waals surface area contributed by atoms with Crippen LogP contribution in [0.4, 0.5) is 0 Å². The van der Waals surface area contributed by atoms with Gasteiger partial charge in [0.25, 0.3) is 0 Å². The summed E-state index contributed by atoms with van der Waals surface area (Å²) < 4.78 is 2.02. The first-order valence-corrected chi connectivity index (χ1v) is 8.52. The highest BCUT2D eigenvalue weighted by Gasteiger charge is 2.12. The average Bonchev–Trinajstić information content (AvgIpc) is 2.90. The predicted molar refractivity (Wildman–Crippen MR) is 94.4 cm³/mol. The lowest BCUT2D eigenvalue weighted by molar-refractivity contribution is -0.119. The van der Waals surface area contributed by atoms with Gasteiger partial charge in [-0.2, -0.15) is 0 Å². The molecule has 0 radical (unpaired) electrons. The van der Waals surface area contributed by atoms with Crippen LogP contribution in [0, 0.1) is 0 Å². The summed E-state index contributed by atoms with van der Waals surface area (Å²) in [7, 11) is 1.97. The van der Waals surface area contributed by atoms with E-state index in [0.29, 0.717) is 5.75 Å². The minimum Gasteiger partial charge on any atom is -0.349 e. The van der Waals surface area contributed by atoms with Gasteiger partial charge in [-0.1, -0.05) is 54.2 Å². The van der Waals surface area contributed by atoms with E-state index in [-0.39, 0.29) is 11.9 Å². The third-order valence-corrected chi connectivity index (χ3v) is 4.79. The second-order valence-corrected chi connectivity index (χ2v) is 6.37. The average molecular weight is 325 g/mol. The molecule has 3 aromatic rings. The molecule has 0 bridgehead atoms. The lowest BCUT2D eigenvalue weighted by Crippen LogP contribution is -2.28. The maximum Gasteiger partial charge on any atom is 0.230 e. The van der Waals surface area contributed by atoms with E-state index in [0.717, 1.165) is 21.8 Å². The number of rotatable bonds is 5. The molecular weight excluding hydrogens is 306 g/mol. The largest absolute Gasteiger partial charge is 0.349 e. The summed E-state index contributed by atoms with van der Waals surface area (Å²) >= 11 is 1.46. The molecule has 1 aromatic heterocycles. The van der Waals surface area contributed by atoms with Crippen molar-refractivity contribution in [2.24, 2.45) is 7.05 Å². The Hall–Kier alpha value is -2.27. The number of nitrogens with one attached hydrogen (secondary N) is 1. The zero-order valence-corrected chi connectivity index (χ0v) is 14.0. The molecule has 23 heavy (non-hydrogen) atoms. The highest BCUT2D eigenvalue weighted by Crippen LogP contribution is 2.22. The van der Waals surface area contributed by atoms with E-state index < -0.39 is 0 Å². The van der Waals surface area contributed by atoms with Gasteiger partial charge in [0.05, 0.1) is 22.8 Å². The van der Waals surface area contributed by atoms with Crippen molar-refractivity contribution in [3.63, 3.8) is 0 Å².